The summed E-state index contributed by atoms with van der Waals surface area (Å²) in [5, 5.41) is 28.0. The van der Waals surface area contributed by atoms with E-state index in [2.05, 4.69) is 32.0 Å². The number of nitrogens with zero attached hydrogens (tertiary/aromatic N) is 3. The van der Waals surface area contributed by atoms with Crippen molar-refractivity contribution in [2.75, 3.05) is 10.6 Å². The van der Waals surface area contributed by atoms with Crippen LogP contribution in [-0.2, 0) is 0 Å². The number of pyridine rings is 2. The van der Waals surface area contributed by atoms with Gasteiger partial charge in [0, 0.05) is 11.7 Å². The first kappa shape index (κ1) is 22.1. The summed E-state index contributed by atoms with van der Waals surface area (Å²) in [6, 6.07) is 17.7. The van der Waals surface area contributed by atoms with Gasteiger partial charge in [0.25, 0.3) is 0 Å². The maximum atomic E-state index is 11.2. The third-order valence-corrected chi connectivity index (χ3v) is 5.74. The summed E-state index contributed by atoms with van der Waals surface area (Å²) in [7, 11) is 0. The van der Waals surface area contributed by atoms with Crippen molar-refractivity contribution in [2.24, 2.45) is 0 Å². The van der Waals surface area contributed by atoms with Crippen LogP contribution >= 0.6 is 0 Å². The summed E-state index contributed by atoms with van der Waals surface area (Å²) in [5.74, 6) is 0.618. The number of nitriles is 1. The third kappa shape index (κ3) is 5.57. The van der Waals surface area contributed by atoms with Crippen LogP contribution in [0.2, 0.25) is 0 Å². The first-order valence-electron chi connectivity index (χ1n) is 11.0. The van der Waals surface area contributed by atoms with Crippen molar-refractivity contribution >= 4 is 23.3 Å². The van der Waals surface area contributed by atoms with Gasteiger partial charge in [0.1, 0.15) is 11.9 Å². The Hall–Kier alpha value is -4.12. The molecule has 1 amide bonds. The molecule has 4 rings (SSSR count). The summed E-state index contributed by atoms with van der Waals surface area (Å²) in [6.45, 7) is 1.93. The maximum Gasteiger partial charge on any atom is 0.404 e. The van der Waals surface area contributed by atoms with Crippen LogP contribution in [0.15, 0.2) is 54.7 Å². The molecule has 0 radical (unpaired) electrons. The van der Waals surface area contributed by atoms with E-state index in [0.717, 1.165) is 48.2 Å². The monoisotopic (exact) mass is 442 g/mol. The number of aryl methyl sites for hydroxylation is 1. The van der Waals surface area contributed by atoms with Gasteiger partial charge < -0.3 is 21.1 Å². The molecule has 8 nitrogen and oxygen atoms in total. The van der Waals surface area contributed by atoms with Crippen LogP contribution < -0.4 is 16.0 Å². The standard InChI is InChI=1S/C25H26N6O2/c1-16-11-18(17-7-3-2-4-8-17)12-24(28-16)30-22-13-19(15-27-23(22)14-26)29-20-9-5-6-10-21(20)31-25(32)33/h2-4,7-8,11-13,15,20-21,29,31H,5-6,9-10H2,1H3,(H,28,30)(H,32,33). The molecule has 0 aliphatic heterocycles. The van der Waals surface area contributed by atoms with Gasteiger partial charge in [0.2, 0.25) is 0 Å². The summed E-state index contributed by atoms with van der Waals surface area (Å²) in [6.07, 6.45) is 4.25. The largest absolute Gasteiger partial charge is 0.465 e. The fourth-order valence-corrected chi connectivity index (χ4v) is 4.24. The van der Waals surface area contributed by atoms with E-state index in [9.17, 15) is 10.1 Å². The highest BCUT2D eigenvalue weighted by molar-refractivity contribution is 5.72. The lowest BCUT2D eigenvalue weighted by Gasteiger charge is -2.32. The molecule has 0 bridgehead atoms. The Balaban J connectivity index is 1.58. The molecule has 2 atom stereocenters. The van der Waals surface area contributed by atoms with Crippen molar-refractivity contribution < 1.29 is 9.90 Å². The van der Waals surface area contributed by atoms with E-state index in [0.29, 0.717) is 11.5 Å². The van der Waals surface area contributed by atoms with Gasteiger partial charge in [-0.2, -0.15) is 5.26 Å². The number of rotatable bonds is 6. The molecule has 8 heteroatoms. The first-order valence-corrected chi connectivity index (χ1v) is 11.0. The van der Waals surface area contributed by atoms with E-state index in [1.165, 1.54) is 0 Å². The minimum absolute atomic E-state index is 0.0424. The van der Waals surface area contributed by atoms with E-state index >= 15 is 0 Å². The third-order valence-electron chi connectivity index (χ3n) is 5.74. The van der Waals surface area contributed by atoms with Crippen LogP contribution in [0.25, 0.3) is 11.1 Å². The zero-order chi connectivity index (χ0) is 23.2. The molecule has 1 aromatic carbocycles. The number of carboxylic acid groups (broad SMARTS) is 1. The number of anilines is 3. The van der Waals surface area contributed by atoms with Gasteiger partial charge in [-0.1, -0.05) is 43.2 Å². The summed E-state index contributed by atoms with van der Waals surface area (Å²) < 4.78 is 0. The molecule has 0 spiro atoms. The molecule has 1 fully saturated rings. The Bertz CT molecular complexity index is 1180. The van der Waals surface area contributed by atoms with E-state index in [-0.39, 0.29) is 17.8 Å². The number of amides is 1. The van der Waals surface area contributed by atoms with Gasteiger partial charge in [0.15, 0.2) is 5.69 Å². The second-order valence-corrected chi connectivity index (χ2v) is 8.20. The van der Waals surface area contributed by atoms with E-state index < -0.39 is 6.09 Å². The fraction of sp³-hybridized carbons (Fsp3) is 0.280. The van der Waals surface area contributed by atoms with Crippen LogP contribution in [0.5, 0.6) is 0 Å². The highest BCUT2D eigenvalue weighted by Gasteiger charge is 2.26. The molecule has 33 heavy (non-hydrogen) atoms. The van der Waals surface area contributed by atoms with Gasteiger partial charge in [-0.15, -0.1) is 0 Å². The van der Waals surface area contributed by atoms with E-state index in [1.54, 1.807) is 6.20 Å². The number of hydrogen-bond donors (Lipinski definition) is 4. The highest BCUT2D eigenvalue weighted by atomic mass is 16.4. The van der Waals surface area contributed by atoms with Crippen LogP contribution in [0.3, 0.4) is 0 Å². The summed E-state index contributed by atoms with van der Waals surface area (Å²) >= 11 is 0. The van der Waals surface area contributed by atoms with Crippen molar-refractivity contribution in [1.29, 1.82) is 5.26 Å². The topological polar surface area (TPSA) is 123 Å². The predicted molar refractivity (Wildman–Crippen MR) is 127 cm³/mol. The molecule has 2 aromatic heterocycles. The normalized spacial score (nSPS) is 17.6. The van der Waals surface area contributed by atoms with Crippen molar-refractivity contribution in [3.05, 3.63) is 66.1 Å². The second-order valence-electron chi connectivity index (χ2n) is 8.20. The Morgan fingerprint density at radius 2 is 1.85 bits per heavy atom. The quantitative estimate of drug-likeness (QED) is 0.421. The van der Waals surface area contributed by atoms with Gasteiger partial charge in [0.05, 0.1) is 23.6 Å². The minimum Gasteiger partial charge on any atom is -0.465 e. The molecular formula is C25H26N6O2. The average Bonchev–Trinajstić information content (AvgIpc) is 2.80. The fourth-order valence-electron chi connectivity index (χ4n) is 4.24. The van der Waals surface area contributed by atoms with Crippen molar-refractivity contribution in [2.45, 2.75) is 44.7 Å². The van der Waals surface area contributed by atoms with Crippen LogP contribution in [0.1, 0.15) is 37.1 Å². The Kier molecular flexibility index (Phi) is 6.69. The van der Waals surface area contributed by atoms with Crippen molar-refractivity contribution in [3.8, 4) is 17.2 Å². The summed E-state index contributed by atoms with van der Waals surface area (Å²) in [4.78, 5) is 20.0. The van der Waals surface area contributed by atoms with Gasteiger partial charge in [-0.3, -0.25) is 0 Å². The Morgan fingerprint density at radius 3 is 2.58 bits per heavy atom. The zero-order valence-corrected chi connectivity index (χ0v) is 18.4. The van der Waals surface area contributed by atoms with E-state index in [1.807, 2.05) is 55.5 Å². The second kappa shape index (κ2) is 10.0. The van der Waals surface area contributed by atoms with Crippen molar-refractivity contribution in [3.63, 3.8) is 0 Å². The summed E-state index contributed by atoms with van der Waals surface area (Å²) in [5.41, 5.74) is 4.47. The number of hydrogen-bond acceptors (Lipinski definition) is 6. The van der Waals surface area contributed by atoms with Crippen LogP contribution in [-0.4, -0.2) is 33.3 Å². The molecule has 0 saturated heterocycles. The lowest BCUT2D eigenvalue weighted by molar-refractivity contribution is 0.184. The highest BCUT2D eigenvalue weighted by Crippen LogP contribution is 2.28. The minimum atomic E-state index is -1.02. The van der Waals surface area contributed by atoms with Crippen LogP contribution in [0, 0.1) is 18.3 Å². The molecule has 1 saturated carbocycles. The molecule has 1 aliphatic carbocycles. The number of benzene rings is 1. The smallest absolute Gasteiger partial charge is 0.404 e. The SMILES string of the molecule is Cc1cc(-c2ccccc2)cc(Nc2cc(NC3CCCCC3NC(=O)O)cnc2C#N)n1. The van der Waals surface area contributed by atoms with Gasteiger partial charge >= 0.3 is 6.09 Å². The molecule has 2 unspecified atom stereocenters. The number of nitrogens with one attached hydrogen (secondary N) is 3. The Morgan fingerprint density at radius 1 is 1.09 bits per heavy atom. The molecule has 1 aliphatic rings. The first-order chi connectivity index (χ1) is 16.0. The van der Waals surface area contributed by atoms with Gasteiger partial charge in [-0.25, -0.2) is 14.8 Å². The lowest BCUT2D eigenvalue weighted by atomic mass is 9.90. The van der Waals surface area contributed by atoms with E-state index in [4.69, 9.17) is 5.11 Å². The van der Waals surface area contributed by atoms with Crippen molar-refractivity contribution in [1.82, 2.24) is 15.3 Å². The zero-order valence-electron chi connectivity index (χ0n) is 18.4. The predicted octanol–water partition coefficient (Wildman–Crippen LogP) is 5.06. The lowest BCUT2D eigenvalue weighted by Crippen LogP contribution is -2.48. The molecule has 3 aromatic rings. The molecule has 2 heterocycles. The van der Waals surface area contributed by atoms with Crippen LogP contribution in [0.4, 0.5) is 22.0 Å². The maximum absolute atomic E-state index is 11.2. The Labute approximate surface area is 192 Å². The molecule has 168 valence electrons. The number of aromatic nitrogens is 2. The molecular weight excluding hydrogens is 416 g/mol. The molecule has 4 N–H and O–H groups in total. The average molecular weight is 443 g/mol. The van der Waals surface area contributed by atoms with Gasteiger partial charge in [-0.05, 0) is 49.1 Å². The number of carbonyl (C=O) groups is 1.